The highest BCUT2D eigenvalue weighted by molar-refractivity contribution is 5.89. The average molecular weight is 319 g/mol. The number of amides is 1. The van der Waals surface area contributed by atoms with Gasteiger partial charge in [0.05, 0.1) is 5.56 Å². The molecular formula is C18H25NO4. The zero-order valence-corrected chi connectivity index (χ0v) is 14.3. The van der Waals surface area contributed by atoms with Gasteiger partial charge in [-0.3, -0.25) is 0 Å². The van der Waals surface area contributed by atoms with Crippen molar-refractivity contribution in [2.75, 3.05) is 13.1 Å². The van der Waals surface area contributed by atoms with Crippen LogP contribution in [0.5, 0.6) is 0 Å². The van der Waals surface area contributed by atoms with Crippen LogP contribution in [0.25, 0.3) is 0 Å². The Hall–Kier alpha value is -2.04. The van der Waals surface area contributed by atoms with Crippen LogP contribution in [0.3, 0.4) is 0 Å². The Morgan fingerprint density at radius 1 is 1.22 bits per heavy atom. The third-order valence-corrected chi connectivity index (χ3v) is 4.11. The lowest BCUT2D eigenvalue weighted by atomic mass is 9.88. The Morgan fingerprint density at radius 3 is 2.35 bits per heavy atom. The van der Waals surface area contributed by atoms with E-state index in [2.05, 4.69) is 0 Å². The number of hydrogen-bond donors (Lipinski definition) is 1. The van der Waals surface area contributed by atoms with Crippen LogP contribution in [0.1, 0.15) is 61.0 Å². The second-order valence-corrected chi connectivity index (χ2v) is 7.12. The molecule has 5 nitrogen and oxygen atoms in total. The Kier molecular flexibility index (Phi) is 4.97. The van der Waals surface area contributed by atoms with Gasteiger partial charge in [0.25, 0.3) is 0 Å². The van der Waals surface area contributed by atoms with Crippen LogP contribution in [0, 0.1) is 6.92 Å². The average Bonchev–Trinajstić information content (AvgIpc) is 2.46. The van der Waals surface area contributed by atoms with E-state index in [-0.39, 0.29) is 12.0 Å². The molecule has 1 aromatic carbocycles. The molecule has 1 heterocycles. The first kappa shape index (κ1) is 17.3. The van der Waals surface area contributed by atoms with Crippen molar-refractivity contribution in [3.63, 3.8) is 0 Å². The fourth-order valence-electron chi connectivity index (χ4n) is 2.85. The largest absolute Gasteiger partial charge is 0.478 e. The molecule has 0 unspecified atom stereocenters. The smallest absolute Gasteiger partial charge is 0.410 e. The molecule has 0 radical (unpaired) electrons. The molecule has 0 aromatic heterocycles. The number of benzene rings is 1. The van der Waals surface area contributed by atoms with Crippen LogP contribution in [0.2, 0.25) is 0 Å². The maximum Gasteiger partial charge on any atom is 0.410 e. The summed E-state index contributed by atoms with van der Waals surface area (Å²) < 4.78 is 5.39. The number of nitrogens with zero attached hydrogens (tertiary/aromatic N) is 1. The molecule has 5 heteroatoms. The normalized spacial score (nSPS) is 16.3. The number of carboxylic acids is 1. The molecule has 1 amide bonds. The number of piperidine rings is 1. The van der Waals surface area contributed by atoms with Crippen LogP contribution in [0.15, 0.2) is 18.2 Å². The number of carboxylic acid groups (broad SMARTS) is 1. The van der Waals surface area contributed by atoms with Gasteiger partial charge >= 0.3 is 12.1 Å². The van der Waals surface area contributed by atoms with Crippen molar-refractivity contribution in [2.24, 2.45) is 0 Å². The summed E-state index contributed by atoms with van der Waals surface area (Å²) in [4.78, 5) is 25.1. The molecule has 1 fully saturated rings. The minimum absolute atomic E-state index is 0.272. The van der Waals surface area contributed by atoms with Gasteiger partial charge in [0.2, 0.25) is 0 Å². The monoisotopic (exact) mass is 319 g/mol. The number of aryl methyl sites for hydroxylation is 1. The molecule has 2 rings (SSSR count). The van der Waals surface area contributed by atoms with Gasteiger partial charge in [-0.05, 0) is 63.6 Å². The van der Waals surface area contributed by atoms with E-state index in [1.807, 2.05) is 32.9 Å². The minimum atomic E-state index is -0.893. The van der Waals surface area contributed by atoms with Gasteiger partial charge in [-0.25, -0.2) is 9.59 Å². The van der Waals surface area contributed by atoms with Gasteiger partial charge in [-0.2, -0.15) is 0 Å². The Labute approximate surface area is 137 Å². The fraction of sp³-hybridized carbons (Fsp3) is 0.556. The van der Waals surface area contributed by atoms with Crippen molar-refractivity contribution in [2.45, 2.75) is 52.1 Å². The molecule has 1 saturated heterocycles. The Morgan fingerprint density at radius 2 is 1.83 bits per heavy atom. The highest BCUT2D eigenvalue weighted by Crippen LogP contribution is 2.30. The molecule has 1 aromatic rings. The lowest BCUT2D eigenvalue weighted by Crippen LogP contribution is -2.41. The lowest BCUT2D eigenvalue weighted by molar-refractivity contribution is 0.0204. The van der Waals surface area contributed by atoms with Crippen LogP contribution in [-0.2, 0) is 4.74 Å². The number of ether oxygens (including phenoxy) is 1. The number of carbonyl (C=O) groups excluding carboxylic acids is 1. The van der Waals surface area contributed by atoms with E-state index < -0.39 is 11.6 Å². The van der Waals surface area contributed by atoms with Crippen LogP contribution < -0.4 is 0 Å². The topological polar surface area (TPSA) is 66.8 Å². The minimum Gasteiger partial charge on any atom is -0.478 e. The molecule has 0 saturated carbocycles. The number of rotatable bonds is 2. The predicted octanol–water partition coefficient (Wildman–Crippen LogP) is 3.81. The predicted molar refractivity (Wildman–Crippen MR) is 87.9 cm³/mol. The number of carbonyl (C=O) groups is 2. The summed E-state index contributed by atoms with van der Waals surface area (Å²) in [6.07, 6.45) is 1.37. The standard InChI is InChI=1S/C18H25NO4/c1-12-5-6-14(11-15(12)16(20)21)13-7-9-19(10-8-13)17(22)23-18(2,3)4/h5-6,11,13H,7-10H2,1-4H3,(H,20,21). The Balaban J connectivity index is 2.01. The van der Waals surface area contributed by atoms with Crippen molar-refractivity contribution < 1.29 is 19.4 Å². The van der Waals surface area contributed by atoms with E-state index in [9.17, 15) is 14.7 Å². The third kappa shape index (κ3) is 4.47. The van der Waals surface area contributed by atoms with E-state index in [1.54, 1.807) is 17.9 Å². The maximum atomic E-state index is 12.1. The van der Waals surface area contributed by atoms with Crippen molar-refractivity contribution in [3.05, 3.63) is 34.9 Å². The first-order valence-corrected chi connectivity index (χ1v) is 7.99. The van der Waals surface area contributed by atoms with Crippen LogP contribution >= 0.6 is 0 Å². The second-order valence-electron chi connectivity index (χ2n) is 7.12. The van der Waals surface area contributed by atoms with E-state index in [1.165, 1.54) is 0 Å². The van der Waals surface area contributed by atoms with Crippen LogP contribution in [-0.4, -0.2) is 40.8 Å². The van der Waals surface area contributed by atoms with Crippen molar-refractivity contribution in [1.82, 2.24) is 4.90 Å². The molecule has 1 aliphatic rings. The summed E-state index contributed by atoms with van der Waals surface area (Å²) >= 11 is 0. The quantitative estimate of drug-likeness (QED) is 0.900. The van der Waals surface area contributed by atoms with Gasteiger partial charge in [0.1, 0.15) is 5.60 Å². The third-order valence-electron chi connectivity index (χ3n) is 4.11. The molecular weight excluding hydrogens is 294 g/mol. The van der Waals surface area contributed by atoms with E-state index >= 15 is 0 Å². The van der Waals surface area contributed by atoms with Gasteiger partial charge in [-0.15, -0.1) is 0 Å². The SMILES string of the molecule is Cc1ccc(C2CCN(C(=O)OC(C)(C)C)CC2)cc1C(=O)O. The van der Waals surface area contributed by atoms with Gasteiger partial charge in [0, 0.05) is 13.1 Å². The molecule has 0 atom stereocenters. The van der Waals surface area contributed by atoms with Crippen molar-refractivity contribution in [1.29, 1.82) is 0 Å². The molecule has 0 spiro atoms. The molecule has 0 aliphatic carbocycles. The molecule has 1 N–H and O–H groups in total. The number of likely N-dealkylation sites (tertiary alicyclic amines) is 1. The summed E-state index contributed by atoms with van der Waals surface area (Å²) in [5.74, 6) is -0.608. The summed E-state index contributed by atoms with van der Waals surface area (Å²) in [5.41, 5.74) is 1.68. The molecule has 0 bridgehead atoms. The van der Waals surface area contributed by atoms with Gasteiger partial charge in [0.15, 0.2) is 0 Å². The van der Waals surface area contributed by atoms with Crippen LogP contribution in [0.4, 0.5) is 4.79 Å². The number of aromatic carboxylic acids is 1. The molecule has 23 heavy (non-hydrogen) atoms. The lowest BCUT2D eigenvalue weighted by Gasteiger charge is -2.33. The molecule has 126 valence electrons. The van der Waals surface area contributed by atoms with Crippen molar-refractivity contribution in [3.8, 4) is 0 Å². The summed E-state index contributed by atoms with van der Waals surface area (Å²) in [6.45, 7) is 8.65. The van der Waals surface area contributed by atoms with Crippen molar-refractivity contribution >= 4 is 12.1 Å². The summed E-state index contributed by atoms with van der Waals surface area (Å²) in [6, 6.07) is 5.63. The zero-order chi connectivity index (χ0) is 17.2. The van der Waals surface area contributed by atoms with E-state index in [4.69, 9.17) is 4.74 Å². The highest BCUT2D eigenvalue weighted by Gasteiger charge is 2.27. The van der Waals surface area contributed by atoms with Gasteiger partial charge < -0.3 is 14.7 Å². The number of hydrogen-bond acceptors (Lipinski definition) is 3. The van der Waals surface area contributed by atoms with E-state index in [0.717, 1.165) is 24.0 Å². The maximum absolute atomic E-state index is 12.1. The highest BCUT2D eigenvalue weighted by atomic mass is 16.6. The molecule has 1 aliphatic heterocycles. The fourth-order valence-corrected chi connectivity index (χ4v) is 2.85. The Bertz CT molecular complexity index is 596. The first-order chi connectivity index (χ1) is 10.7. The summed E-state index contributed by atoms with van der Waals surface area (Å²) in [7, 11) is 0. The second kappa shape index (κ2) is 6.60. The van der Waals surface area contributed by atoms with E-state index in [0.29, 0.717) is 18.7 Å². The zero-order valence-electron chi connectivity index (χ0n) is 14.3. The first-order valence-electron chi connectivity index (χ1n) is 7.99. The van der Waals surface area contributed by atoms with Gasteiger partial charge in [-0.1, -0.05) is 12.1 Å². The summed E-state index contributed by atoms with van der Waals surface area (Å²) in [5, 5.41) is 9.24.